The van der Waals surface area contributed by atoms with E-state index >= 15 is 0 Å². The molecule has 0 aliphatic heterocycles. The number of hydrogen-bond acceptors (Lipinski definition) is 2. The Morgan fingerprint density at radius 1 is 1.47 bits per heavy atom. The molecular formula is C11H19ClN2S. The van der Waals surface area contributed by atoms with E-state index in [0.717, 1.165) is 36.8 Å². The molecule has 86 valence electrons. The molecule has 0 atom stereocenters. The number of rotatable bonds is 7. The maximum Gasteiger partial charge on any atom is 0.0625 e. The van der Waals surface area contributed by atoms with Crippen molar-refractivity contribution in [2.75, 3.05) is 11.6 Å². The molecule has 15 heavy (non-hydrogen) atoms. The van der Waals surface area contributed by atoms with Crippen molar-refractivity contribution in [3.8, 4) is 0 Å². The molecule has 0 N–H and O–H groups in total. The van der Waals surface area contributed by atoms with E-state index in [1.54, 1.807) is 0 Å². The summed E-state index contributed by atoms with van der Waals surface area (Å²) in [5.41, 5.74) is 2.54. The first-order valence-electron chi connectivity index (χ1n) is 5.51. The van der Waals surface area contributed by atoms with Crippen molar-refractivity contribution in [3.05, 3.63) is 17.5 Å². The summed E-state index contributed by atoms with van der Waals surface area (Å²) in [6.45, 7) is 5.25. The number of thioether (sulfide) groups is 1. The zero-order chi connectivity index (χ0) is 11.1. The minimum Gasteiger partial charge on any atom is -0.269 e. The summed E-state index contributed by atoms with van der Waals surface area (Å²) in [5, 5.41) is 4.52. The Morgan fingerprint density at radius 3 is 2.87 bits per heavy atom. The van der Waals surface area contributed by atoms with Gasteiger partial charge in [-0.15, -0.1) is 11.6 Å². The highest BCUT2D eigenvalue weighted by atomic mass is 35.5. The molecule has 0 unspecified atom stereocenters. The van der Waals surface area contributed by atoms with Gasteiger partial charge in [0.25, 0.3) is 0 Å². The van der Waals surface area contributed by atoms with Crippen molar-refractivity contribution in [1.82, 2.24) is 9.78 Å². The predicted octanol–water partition coefficient (Wildman–Crippen LogP) is 3.33. The van der Waals surface area contributed by atoms with Crippen molar-refractivity contribution < 1.29 is 0 Å². The second-order valence-electron chi connectivity index (χ2n) is 3.39. The van der Waals surface area contributed by atoms with E-state index in [2.05, 4.69) is 29.7 Å². The van der Waals surface area contributed by atoms with Crippen LogP contribution in [0.3, 0.4) is 0 Å². The highest BCUT2D eigenvalue weighted by Gasteiger charge is 2.04. The SMILES string of the molecule is CCc1cc(CSCCCCl)n(CC)n1. The lowest BCUT2D eigenvalue weighted by Crippen LogP contribution is -2.01. The van der Waals surface area contributed by atoms with Crippen LogP contribution in [0.15, 0.2) is 6.07 Å². The minimum atomic E-state index is 0.764. The van der Waals surface area contributed by atoms with Crippen LogP contribution in [0.4, 0.5) is 0 Å². The third kappa shape index (κ3) is 4.07. The number of nitrogens with zero attached hydrogens (tertiary/aromatic N) is 2. The predicted molar refractivity (Wildman–Crippen MR) is 68.8 cm³/mol. The topological polar surface area (TPSA) is 17.8 Å². The fourth-order valence-electron chi connectivity index (χ4n) is 1.41. The Kier molecular flexibility index (Phi) is 6.18. The van der Waals surface area contributed by atoms with E-state index in [0.29, 0.717) is 0 Å². The van der Waals surface area contributed by atoms with Crippen LogP contribution in [-0.4, -0.2) is 21.4 Å². The Balaban J connectivity index is 2.47. The summed E-state index contributed by atoms with van der Waals surface area (Å²) in [4.78, 5) is 0. The van der Waals surface area contributed by atoms with Gasteiger partial charge < -0.3 is 0 Å². The van der Waals surface area contributed by atoms with Gasteiger partial charge in [-0.25, -0.2) is 0 Å². The van der Waals surface area contributed by atoms with Gasteiger partial charge in [0.2, 0.25) is 0 Å². The van der Waals surface area contributed by atoms with Gasteiger partial charge in [0, 0.05) is 23.9 Å². The molecule has 4 heteroatoms. The number of halogens is 1. The Labute approximate surface area is 101 Å². The van der Waals surface area contributed by atoms with Crippen molar-refractivity contribution in [2.45, 2.75) is 39.0 Å². The lowest BCUT2D eigenvalue weighted by Gasteiger charge is -2.03. The average molecular weight is 247 g/mol. The van der Waals surface area contributed by atoms with Gasteiger partial charge in [0.1, 0.15) is 0 Å². The molecule has 0 bridgehead atoms. The molecule has 1 heterocycles. The fourth-order valence-corrected chi connectivity index (χ4v) is 2.64. The fraction of sp³-hybridized carbons (Fsp3) is 0.727. The van der Waals surface area contributed by atoms with Gasteiger partial charge in [-0.3, -0.25) is 4.68 Å². The minimum absolute atomic E-state index is 0.764. The molecule has 1 aromatic rings. The molecule has 0 saturated heterocycles. The maximum absolute atomic E-state index is 5.64. The summed E-state index contributed by atoms with van der Waals surface area (Å²) >= 11 is 7.58. The van der Waals surface area contributed by atoms with Crippen molar-refractivity contribution >= 4 is 23.4 Å². The second-order valence-corrected chi connectivity index (χ2v) is 4.87. The van der Waals surface area contributed by atoms with Gasteiger partial charge in [-0.2, -0.15) is 16.9 Å². The zero-order valence-corrected chi connectivity index (χ0v) is 11.1. The lowest BCUT2D eigenvalue weighted by atomic mass is 10.3. The molecule has 0 spiro atoms. The third-order valence-corrected chi connectivity index (χ3v) is 3.59. The van der Waals surface area contributed by atoms with E-state index in [9.17, 15) is 0 Å². The van der Waals surface area contributed by atoms with Crippen molar-refractivity contribution in [2.24, 2.45) is 0 Å². The van der Waals surface area contributed by atoms with Crippen LogP contribution in [-0.2, 0) is 18.7 Å². The van der Waals surface area contributed by atoms with Crippen LogP contribution >= 0.6 is 23.4 Å². The number of aryl methyl sites for hydroxylation is 2. The van der Waals surface area contributed by atoms with E-state index in [1.165, 1.54) is 11.4 Å². The number of aromatic nitrogens is 2. The van der Waals surface area contributed by atoms with Crippen molar-refractivity contribution in [3.63, 3.8) is 0 Å². The first-order valence-corrected chi connectivity index (χ1v) is 7.20. The van der Waals surface area contributed by atoms with Gasteiger partial charge in [0.15, 0.2) is 0 Å². The summed E-state index contributed by atoms with van der Waals surface area (Å²) in [6.07, 6.45) is 2.11. The first kappa shape index (κ1) is 12.9. The first-order chi connectivity index (χ1) is 7.31. The Morgan fingerprint density at radius 2 is 2.27 bits per heavy atom. The molecule has 0 aromatic carbocycles. The molecular weight excluding hydrogens is 228 g/mol. The average Bonchev–Trinajstić information content (AvgIpc) is 2.67. The molecule has 1 rings (SSSR count). The van der Waals surface area contributed by atoms with Crippen LogP contribution in [0.1, 0.15) is 31.7 Å². The normalized spacial score (nSPS) is 10.9. The summed E-state index contributed by atoms with van der Waals surface area (Å²) < 4.78 is 2.10. The largest absolute Gasteiger partial charge is 0.269 e. The van der Waals surface area contributed by atoms with Crippen LogP contribution in [0, 0.1) is 0 Å². The van der Waals surface area contributed by atoms with Crippen molar-refractivity contribution in [1.29, 1.82) is 0 Å². The molecule has 0 amide bonds. The zero-order valence-electron chi connectivity index (χ0n) is 9.50. The Hall–Kier alpha value is -0.150. The van der Waals surface area contributed by atoms with E-state index in [1.807, 2.05) is 11.8 Å². The molecule has 0 radical (unpaired) electrons. The summed E-state index contributed by atoms with van der Waals surface area (Å²) in [5.74, 6) is 2.96. The monoisotopic (exact) mass is 246 g/mol. The standard InChI is InChI=1S/C11H19ClN2S/c1-3-10-8-11(14(4-2)13-10)9-15-7-5-6-12/h8H,3-7,9H2,1-2H3. The van der Waals surface area contributed by atoms with E-state index in [-0.39, 0.29) is 0 Å². The van der Waals surface area contributed by atoms with Crippen LogP contribution in [0.5, 0.6) is 0 Å². The lowest BCUT2D eigenvalue weighted by molar-refractivity contribution is 0.628. The number of hydrogen-bond donors (Lipinski definition) is 0. The van der Waals surface area contributed by atoms with Crippen LogP contribution in [0.2, 0.25) is 0 Å². The molecule has 0 saturated carbocycles. The highest BCUT2D eigenvalue weighted by Crippen LogP contribution is 2.15. The molecule has 0 aliphatic rings. The summed E-state index contributed by atoms with van der Waals surface area (Å²) in [6, 6.07) is 2.22. The highest BCUT2D eigenvalue weighted by molar-refractivity contribution is 7.98. The maximum atomic E-state index is 5.64. The second kappa shape index (κ2) is 7.18. The molecule has 1 aromatic heterocycles. The summed E-state index contributed by atoms with van der Waals surface area (Å²) in [7, 11) is 0. The van der Waals surface area contributed by atoms with Crippen LogP contribution < -0.4 is 0 Å². The molecule has 0 fully saturated rings. The van der Waals surface area contributed by atoms with E-state index < -0.39 is 0 Å². The quantitative estimate of drug-likeness (QED) is 0.543. The van der Waals surface area contributed by atoms with Gasteiger partial charge in [0.05, 0.1) is 5.69 Å². The van der Waals surface area contributed by atoms with Gasteiger partial charge in [-0.1, -0.05) is 6.92 Å². The smallest absolute Gasteiger partial charge is 0.0625 e. The van der Waals surface area contributed by atoms with Gasteiger partial charge >= 0.3 is 0 Å². The Bertz CT molecular complexity index is 286. The van der Waals surface area contributed by atoms with Crippen LogP contribution in [0.25, 0.3) is 0 Å². The third-order valence-electron chi connectivity index (χ3n) is 2.25. The number of alkyl halides is 1. The van der Waals surface area contributed by atoms with Gasteiger partial charge in [-0.05, 0) is 31.6 Å². The molecule has 2 nitrogen and oxygen atoms in total. The molecule has 0 aliphatic carbocycles. The van der Waals surface area contributed by atoms with E-state index in [4.69, 9.17) is 11.6 Å².